The average Bonchev–Trinajstić information content (AvgIpc) is 2.38. The normalized spacial score (nSPS) is 11.4. The third kappa shape index (κ3) is 2.90. The Hall–Kier alpha value is -2.10. The van der Waals surface area contributed by atoms with Gasteiger partial charge >= 0.3 is 0 Å². The van der Waals surface area contributed by atoms with E-state index < -0.39 is 0 Å². The fourth-order valence-corrected chi connectivity index (χ4v) is 2.26. The van der Waals surface area contributed by atoms with Crippen LogP contribution in [0.3, 0.4) is 0 Å². The van der Waals surface area contributed by atoms with Crippen LogP contribution >= 0.6 is 0 Å². The number of nitrogen functional groups attached to an aromatic ring is 1. The van der Waals surface area contributed by atoms with E-state index in [2.05, 4.69) is 61.2 Å². The molecule has 0 fully saturated rings. The van der Waals surface area contributed by atoms with E-state index in [0.717, 1.165) is 23.5 Å². The Kier molecular flexibility index (Phi) is 3.93. The van der Waals surface area contributed by atoms with Crippen molar-refractivity contribution in [3.63, 3.8) is 0 Å². The first-order chi connectivity index (χ1) is 9.43. The quantitative estimate of drug-likeness (QED) is 0.893. The van der Waals surface area contributed by atoms with E-state index in [-0.39, 0.29) is 5.41 Å². The third-order valence-corrected chi connectivity index (χ3v) is 3.32. The lowest BCUT2D eigenvalue weighted by Gasteiger charge is -2.23. The van der Waals surface area contributed by atoms with E-state index in [1.54, 1.807) is 0 Å². The largest absolute Gasteiger partial charge is 0.383 e. The Morgan fingerprint density at radius 1 is 1.15 bits per heavy atom. The molecule has 0 aliphatic heterocycles. The van der Waals surface area contributed by atoms with Gasteiger partial charge in [-0.3, -0.25) is 0 Å². The van der Waals surface area contributed by atoms with Gasteiger partial charge < -0.3 is 11.1 Å². The van der Waals surface area contributed by atoms with Crippen molar-refractivity contribution in [2.45, 2.75) is 39.5 Å². The number of nitrogens with one attached hydrogen (secondary N) is 1. The summed E-state index contributed by atoms with van der Waals surface area (Å²) in [6.45, 7) is 8.64. The van der Waals surface area contributed by atoms with Crippen LogP contribution in [0.1, 0.15) is 38.8 Å². The standard InChI is InChI=1S/C16H22N4/c1-5-11-14(17)18-10-19-15(11)20-13-9-7-6-8-12(13)16(2,3)4/h6-10H,5H2,1-4H3,(H3,17,18,19,20). The molecule has 2 aromatic rings. The van der Waals surface area contributed by atoms with Crippen molar-refractivity contribution in [2.75, 3.05) is 11.1 Å². The molecule has 1 heterocycles. The summed E-state index contributed by atoms with van der Waals surface area (Å²) in [6.07, 6.45) is 2.29. The molecule has 106 valence electrons. The van der Waals surface area contributed by atoms with E-state index in [1.807, 2.05) is 6.07 Å². The highest BCUT2D eigenvalue weighted by atomic mass is 15.0. The number of nitrogens with two attached hydrogens (primary N) is 1. The SMILES string of the molecule is CCc1c(N)ncnc1Nc1ccccc1C(C)(C)C. The number of nitrogens with zero attached hydrogens (tertiary/aromatic N) is 2. The monoisotopic (exact) mass is 270 g/mol. The predicted octanol–water partition coefficient (Wildman–Crippen LogP) is 3.66. The van der Waals surface area contributed by atoms with Crippen LogP contribution < -0.4 is 11.1 Å². The van der Waals surface area contributed by atoms with Crippen molar-refractivity contribution in [3.8, 4) is 0 Å². The van der Waals surface area contributed by atoms with Crippen LogP contribution in [-0.2, 0) is 11.8 Å². The van der Waals surface area contributed by atoms with Crippen LogP contribution in [0.15, 0.2) is 30.6 Å². The lowest BCUT2D eigenvalue weighted by molar-refractivity contribution is 0.592. The molecule has 0 atom stereocenters. The lowest BCUT2D eigenvalue weighted by Crippen LogP contribution is -2.14. The first kappa shape index (κ1) is 14.3. The van der Waals surface area contributed by atoms with E-state index in [9.17, 15) is 0 Å². The number of hydrogen-bond acceptors (Lipinski definition) is 4. The molecule has 4 nitrogen and oxygen atoms in total. The minimum Gasteiger partial charge on any atom is -0.383 e. The van der Waals surface area contributed by atoms with Gasteiger partial charge in [0, 0.05) is 11.3 Å². The minimum atomic E-state index is 0.0640. The summed E-state index contributed by atoms with van der Waals surface area (Å²) >= 11 is 0. The number of benzene rings is 1. The summed E-state index contributed by atoms with van der Waals surface area (Å²) in [5.74, 6) is 1.33. The average molecular weight is 270 g/mol. The van der Waals surface area contributed by atoms with Crippen molar-refractivity contribution in [1.29, 1.82) is 0 Å². The molecule has 0 saturated carbocycles. The fraction of sp³-hybridized carbons (Fsp3) is 0.375. The maximum atomic E-state index is 5.92. The molecular formula is C16H22N4. The summed E-state index contributed by atoms with van der Waals surface area (Å²) in [5.41, 5.74) is 9.25. The Bertz CT molecular complexity index is 600. The van der Waals surface area contributed by atoms with Crippen LogP contribution in [0.25, 0.3) is 0 Å². The van der Waals surface area contributed by atoms with Gasteiger partial charge in [0.2, 0.25) is 0 Å². The number of aromatic nitrogens is 2. The molecule has 0 bridgehead atoms. The topological polar surface area (TPSA) is 63.8 Å². The van der Waals surface area contributed by atoms with Gasteiger partial charge in [-0.1, -0.05) is 45.9 Å². The molecule has 3 N–H and O–H groups in total. The molecule has 4 heteroatoms. The van der Waals surface area contributed by atoms with Gasteiger partial charge in [0.15, 0.2) is 0 Å². The zero-order valence-electron chi connectivity index (χ0n) is 12.6. The van der Waals surface area contributed by atoms with E-state index in [1.165, 1.54) is 11.9 Å². The molecule has 0 unspecified atom stereocenters. The smallest absolute Gasteiger partial charge is 0.139 e. The number of anilines is 3. The summed E-state index contributed by atoms with van der Waals surface area (Å²) in [7, 11) is 0. The van der Waals surface area contributed by atoms with Crippen LogP contribution in [0, 0.1) is 0 Å². The molecule has 0 amide bonds. The highest BCUT2D eigenvalue weighted by Crippen LogP contribution is 2.32. The van der Waals surface area contributed by atoms with Gasteiger partial charge in [-0.2, -0.15) is 0 Å². The Morgan fingerprint density at radius 2 is 1.85 bits per heavy atom. The van der Waals surface area contributed by atoms with Crippen molar-refractivity contribution in [1.82, 2.24) is 9.97 Å². The summed E-state index contributed by atoms with van der Waals surface area (Å²) in [5, 5.41) is 3.41. The second-order valence-corrected chi connectivity index (χ2v) is 5.86. The minimum absolute atomic E-state index is 0.0640. The van der Waals surface area contributed by atoms with Crippen LogP contribution in [0.4, 0.5) is 17.3 Å². The summed E-state index contributed by atoms with van der Waals surface area (Å²) < 4.78 is 0. The Morgan fingerprint density at radius 3 is 2.50 bits per heavy atom. The van der Waals surface area contributed by atoms with Crippen molar-refractivity contribution >= 4 is 17.3 Å². The molecular weight excluding hydrogens is 248 g/mol. The maximum absolute atomic E-state index is 5.92. The van der Waals surface area contributed by atoms with E-state index in [0.29, 0.717) is 5.82 Å². The van der Waals surface area contributed by atoms with E-state index in [4.69, 9.17) is 5.73 Å². The van der Waals surface area contributed by atoms with Gasteiger partial charge in [0.1, 0.15) is 18.0 Å². The third-order valence-electron chi connectivity index (χ3n) is 3.32. The molecule has 0 spiro atoms. The molecule has 1 aromatic heterocycles. The predicted molar refractivity (Wildman–Crippen MR) is 84.2 cm³/mol. The summed E-state index contributed by atoms with van der Waals surface area (Å²) in [6, 6.07) is 8.28. The van der Waals surface area contributed by atoms with E-state index >= 15 is 0 Å². The van der Waals surface area contributed by atoms with Crippen LogP contribution in [0.5, 0.6) is 0 Å². The van der Waals surface area contributed by atoms with Gasteiger partial charge in [-0.25, -0.2) is 9.97 Å². The zero-order valence-corrected chi connectivity index (χ0v) is 12.6. The highest BCUT2D eigenvalue weighted by Gasteiger charge is 2.18. The Balaban J connectivity index is 2.44. The van der Waals surface area contributed by atoms with Crippen molar-refractivity contribution in [2.24, 2.45) is 0 Å². The zero-order chi connectivity index (χ0) is 14.8. The number of rotatable bonds is 3. The molecule has 0 saturated heterocycles. The summed E-state index contributed by atoms with van der Waals surface area (Å²) in [4.78, 5) is 8.38. The highest BCUT2D eigenvalue weighted by molar-refractivity contribution is 5.67. The fourth-order valence-electron chi connectivity index (χ4n) is 2.26. The van der Waals surface area contributed by atoms with Gasteiger partial charge in [0.25, 0.3) is 0 Å². The number of para-hydroxylation sites is 1. The Labute approximate surface area is 120 Å². The molecule has 0 aliphatic carbocycles. The first-order valence-corrected chi connectivity index (χ1v) is 6.89. The second-order valence-electron chi connectivity index (χ2n) is 5.86. The van der Waals surface area contributed by atoms with Gasteiger partial charge in [-0.05, 0) is 23.5 Å². The second kappa shape index (κ2) is 5.49. The first-order valence-electron chi connectivity index (χ1n) is 6.89. The van der Waals surface area contributed by atoms with Crippen LogP contribution in [-0.4, -0.2) is 9.97 Å². The van der Waals surface area contributed by atoms with Gasteiger partial charge in [0.05, 0.1) is 0 Å². The van der Waals surface area contributed by atoms with Crippen LogP contribution in [0.2, 0.25) is 0 Å². The van der Waals surface area contributed by atoms with Crippen molar-refractivity contribution < 1.29 is 0 Å². The van der Waals surface area contributed by atoms with Gasteiger partial charge in [-0.15, -0.1) is 0 Å². The molecule has 1 aromatic carbocycles. The molecule has 0 radical (unpaired) electrons. The number of hydrogen-bond donors (Lipinski definition) is 2. The maximum Gasteiger partial charge on any atom is 0.139 e. The molecule has 2 rings (SSSR count). The lowest BCUT2D eigenvalue weighted by atomic mass is 9.86. The molecule has 20 heavy (non-hydrogen) atoms. The molecule has 0 aliphatic rings. The van der Waals surface area contributed by atoms with Crippen molar-refractivity contribution in [3.05, 3.63) is 41.7 Å².